The number of carbonyl (C=O) groups is 1. The lowest BCUT2D eigenvalue weighted by Crippen LogP contribution is -2.40. The minimum absolute atomic E-state index is 0.185. The van der Waals surface area contributed by atoms with E-state index in [0.29, 0.717) is 22.8 Å². The fourth-order valence-corrected chi connectivity index (χ4v) is 3.32. The van der Waals surface area contributed by atoms with E-state index in [1.54, 1.807) is 6.07 Å². The molecule has 0 saturated heterocycles. The molecule has 0 aliphatic heterocycles. The minimum Gasteiger partial charge on any atom is -0.293 e. The van der Waals surface area contributed by atoms with Gasteiger partial charge in [-0.3, -0.25) is 9.69 Å². The summed E-state index contributed by atoms with van der Waals surface area (Å²) in [7, 11) is 0. The molecule has 0 unspecified atom stereocenters. The van der Waals surface area contributed by atoms with Gasteiger partial charge in [0.1, 0.15) is 0 Å². The molecule has 0 atom stereocenters. The van der Waals surface area contributed by atoms with E-state index in [9.17, 15) is 4.79 Å². The first-order valence-corrected chi connectivity index (χ1v) is 8.19. The highest BCUT2D eigenvalue weighted by Gasteiger charge is 2.20. The highest BCUT2D eigenvalue weighted by molar-refractivity contribution is 7.18. The maximum absolute atomic E-state index is 12.3. The van der Waals surface area contributed by atoms with Gasteiger partial charge in [-0.2, -0.15) is 0 Å². The number of rotatable bonds is 8. The van der Waals surface area contributed by atoms with Gasteiger partial charge in [-0.25, -0.2) is 0 Å². The number of hydrogen-bond donors (Lipinski definition) is 0. The second-order valence-electron chi connectivity index (χ2n) is 5.32. The lowest BCUT2D eigenvalue weighted by Gasteiger charge is -2.31. The van der Waals surface area contributed by atoms with E-state index < -0.39 is 0 Å². The highest BCUT2D eigenvalue weighted by Crippen LogP contribution is 2.22. The second kappa shape index (κ2) is 8.03. The number of halogens is 1. The molecule has 0 spiro atoms. The van der Waals surface area contributed by atoms with E-state index in [1.165, 1.54) is 11.3 Å². The summed E-state index contributed by atoms with van der Waals surface area (Å²) in [5.74, 6) is 0.754. The van der Waals surface area contributed by atoms with Crippen molar-refractivity contribution >= 4 is 28.7 Å². The van der Waals surface area contributed by atoms with E-state index in [-0.39, 0.29) is 5.78 Å². The molecule has 108 valence electrons. The van der Waals surface area contributed by atoms with Crippen LogP contribution in [0.2, 0.25) is 4.34 Å². The summed E-state index contributed by atoms with van der Waals surface area (Å²) in [5, 5.41) is 0. The van der Waals surface area contributed by atoms with Gasteiger partial charge in [0.15, 0.2) is 5.78 Å². The van der Waals surface area contributed by atoms with E-state index in [1.807, 2.05) is 6.07 Å². The number of Topliss-reactive ketones (excluding diaryl/α,β-unsaturated/α-hetero) is 1. The predicted octanol–water partition coefficient (Wildman–Crippen LogP) is 4.73. The SMILES string of the molecule is CCC(CC)N(CC(=O)c1ccc(Cl)s1)CC(C)C. The van der Waals surface area contributed by atoms with Crippen LogP contribution >= 0.6 is 22.9 Å². The molecule has 0 aliphatic carbocycles. The summed E-state index contributed by atoms with van der Waals surface area (Å²) in [6.07, 6.45) is 2.17. The fraction of sp³-hybridized carbons (Fsp3) is 0.667. The van der Waals surface area contributed by atoms with E-state index >= 15 is 0 Å². The van der Waals surface area contributed by atoms with Gasteiger partial charge in [0.25, 0.3) is 0 Å². The van der Waals surface area contributed by atoms with Crippen LogP contribution in [0.5, 0.6) is 0 Å². The van der Waals surface area contributed by atoms with Gasteiger partial charge in [-0.15, -0.1) is 11.3 Å². The van der Waals surface area contributed by atoms with Gasteiger partial charge in [-0.1, -0.05) is 39.3 Å². The summed E-state index contributed by atoms with van der Waals surface area (Å²) >= 11 is 7.27. The fourth-order valence-electron chi connectivity index (χ4n) is 2.34. The third-order valence-corrected chi connectivity index (χ3v) is 4.53. The summed E-state index contributed by atoms with van der Waals surface area (Å²) < 4.78 is 0.682. The molecule has 0 bridgehead atoms. The first kappa shape index (κ1) is 16.7. The third kappa shape index (κ3) is 5.25. The average molecular weight is 302 g/mol. The largest absolute Gasteiger partial charge is 0.293 e. The molecule has 4 heteroatoms. The van der Waals surface area contributed by atoms with Gasteiger partial charge in [0, 0.05) is 12.6 Å². The lowest BCUT2D eigenvalue weighted by atomic mass is 10.1. The van der Waals surface area contributed by atoms with Crippen LogP contribution in [-0.2, 0) is 0 Å². The molecule has 19 heavy (non-hydrogen) atoms. The first-order valence-electron chi connectivity index (χ1n) is 7.00. The van der Waals surface area contributed by atoms with Crippen LogP contribution in [0, 0.1) is 5.92 Å². The standard InChI is InChI=1S/C15H24ClNOS/c1-5-12(6-2)17(9-11(3)4)10-13(18)14-7-8-15(16)19-14/h7-8,11-12H,5-6,9-10H2,1-4H3. The zero-order valence-electron chi connectivity index (χ0n) is 12.3. The molecular weight excluding hydrogens is 278 g/mol. The summed E-state index contributed by atoms with van der Waals surface area (Å²) in [4.78, 5) is 15.4. The quantitative estimate of drug-likeness (QED) is 0.647. The van der Waals surface area contributed by atoms with Crippen molar-refractivity contribution in [3.63, 3.8) is 0 Å². The van der Waals surface area contributed by atoms with Crippen LogP contribution in [0.3, 0.4) is 0 Å². The van der Waals surface area contributed by atoms with Gasteiger partial charge >= 0.3 is 0 Å². The molecular formula is C15H24ClNOS. The van der Waals surface area contributed by atoms with Gasteiger partial charge in [0.05, 0.1) is 15.8 Å². The molecule has 0 amide bonds. The van der Waals surface area contributed by atoms with Crippen LogP contribution in [-0.4, -0.2) is 29.8 Å². The number of ketones is 1. The van der Waals surface area contributed by atoms with Crippen molar-refractivity contribution in [2.75, 3.05) is 13.1 Å². The molecule has 1 heterocycles. The van der Waals surface area contributed by atoms with Crippen LogP contribution in [0.1, 0.15) is 50.2 Å². The Kier molecular flexibility index (Phi) is 7.05. The van der Waals surface area contributed by atoms with Crippen molar-refractivity contribution in [1.29, 1.82) is 0 Å². The maximum Gasteiger partial charge on any atom is 0.186 e. The first-order chi connectivity index (χ1) is 8.97. The Morgan fingerprint density at radius 3 is 2.37 bits per heavy atom. The molecule has 1 aromatic rings. The van der Waals surface area contributed by atoms with E-state index in [4.69, 9.17) is 11.6 Å². The van der Waals surface area contributed by atoms with E-state index in [0.717, 1.165) is 24.3 Å². The van der Waals surface area contributed by atoms with Crippen LogP contribution in [0.4, 0.5) is 0 Å². The Morgan fingerprint density at radius 2 is 1.95 bits per heavy atom. The monoisotopic (exact) mass is 301 g/mol. The molecule has 2 nitrogen and oxygen atoms in total. The number of hydrogen-bond acceptors (Lipinski definition) is 3. The third-order valence-electron chi connectivity index (χ3n) is 3.25. The van der Waals surface area contributed by atoms with E-state index in [2.05, 4.69) is 32.6 Å². The zero-order valence-corrected chi connectivity index (χ0v) is 13.9. The number of carbonyl (C=O) groups excluding carboxylic acids is 1. The molecule has 1 rings (SSSR count). The smallest absolute Gasteiger partial charge is 0.186 e. The van der Waals surface area contributed by atoms with Crippen molar-refractivity contribution in [3.8, 4) is 0 Å². The Bertz CT molecular complexity index is 399. The summed E-state index contributed by atoms with van der Waals surface area (Å²) in [5.41, 5.74) is 0. The topological polar surface area (TPSA) is 20.3 Å². The van der Waals surface area contributed by atoms with Crippen molar-refractivity contribution in [3.05, 3.63) is 21.3 Å². The maximum atomic E-state index is 12.3. The molecule has 0 saturated carbocycles. The lowest BCUT2D eigenvalue weighted by molar-refractivity contribution is 0.0870. The van der Waals surface area contributed by atoms with Gasteiger partial charge < -0.3 is 0 Å². The van der Waals surface area contributed by atoms with Crippen molar-refractivity contribution in [2.24, 2.45) is 5.92 Å². The van der Waals surface area contributed by atoms with Crippen molar-refractivity contribution < 1.29 is 4.79 Å². The summed E-state index contributed by atoms with van der Waals surface area (Å²) in [6.45, 7) is 10.2. The Labute approximate surface area is 125 Å². The van der Waals surface area contributed by atoms with Crippen molar-refractivity contribution in [2.45, 2.75) is 46.6 Å². The molecule has 0 aromatic carbocycles. The highest BCUT2D eigenvalue weighted by atomic mass is 35.5. The predicted molar refractivity (Wildman–Crippen MR) is 84.4 cm³/mol. The summed E-state index contributed by atoms with van der Waals surface area (Å²) in [6, 6.07) is 4.11. The molecule has 0 N–H and O–H groups in total. The Balaban J connectivity index is 2.73. The van der Waals surface area contributed by atoms with Gasteiger partial charge in [-0.05, 0) is 30.9 Å². The normalized spacial score (nSPS) is 11.8. The van der Waals surface area contributed by atoms with Crippen LogP contribution < -0.4 is 0 Å². The number of nitrogens with zero attached hydrogens (tertiary/aromatic N) is 1. The van der Waals surface area contributed by atoms with Crippen molar-refractivity contribution in [1.82, 2.24) is 4.90 Å². The minimum atomic E-state index is 0.185. The molecule has 1 aromatic heterocycles. The molecule has 0 aliphatic rings. The Hall–Kier alpha value is -0.380. The van der Waals surface area contributed by atoms with Gasteiger partial charge in [0.2, 0.25) is 0 Å². The Morgan fingerprint density at radius 1 is 1.32 bits per heavy atom. The average Bonchev–Trinajstić information content (AvgIpc) is 2.76. The van der Waals surface area contributed by atoms with Crippen LogP contribution in [0.15, 0.2) is 12.1 Å². The number of thiophene rings is 1. The molecule has 0 fully saturated rings. The zero-order chi connectivity index (χ0) is 14.4. The molecule has 0 radical (unpaired) electrons. The van der Waals surface area contributed by atoms with Crippen LogP contribution in [0.25, 0.3) is 0 Å². The second-order valence-corrected chi connectivity index (χ2v) is 7.04.